The van der Waals surface area contributed by atoms with Crippen LogP contribution in [-0.2, 0) is 9.30 Å². The second-order valence-electron chi connectivity index (χ2n) is 5.71. The molecule has 0 radical (unpaired) electrons. The van der Waals surface area contributed by atoms with Crippen molar-refractivity contribution < 1.29 is 19.1 Å². The zero-order valence-corrected chi connectivity index (χ0v) is 13.7. The van der Waals surface area contributed by atoms with Gasteiger partial charge in [-0.15, -0.1) is 0 Å². The summed E-state index contributed by atoms with van der Waals surface area (Å²) in [6.07, 6.45) is 3.17. The van der Waals surface area contributed by atoms with Gasteiger partial charge in [-0.3, -0.25) is 14.8 Å². The lowest BCUT2D eigenvalue weighted by molar-refractivity contribution is 0.0719. The van der Waals surface area contributed by atoms with E-state index in [0.29, 0.717) is 35.4 Å². The van der Waals surface area contributed by atoms with Gasteiger partial charge < -0.3 is 14.5 Å². The molecule has 2 atom stereocenters. The maximum atomic E-state index is 11.6. The van der Waals surface area contributed by atoms with Gasteiger partial charge in [-0.05, 0) is 25.0 Å². The Morgan fingerprint density at radius 3 is 2.96 bits per heavy atom. The topological polar surface area (TPSA) is 138 Å². The average molecular weight is 363 g/mol. The molecule has 2 aromatic heterocycles. The number of nitrogens with one attached hydrogen (secondary N) is 1. The number of hydrogen-bond acceptors (Lipinski definition) is 8. The van der Waals surface area contributed by atoms with Gasteiger partial charge in [0.2, 0.25) is 0 Å². The smallest absolute Gasteiger partial charge is 0.348 e. The molecule has 2 aliphatic heterocycles. The molecule has 4 rings (SSSR count). The van der Waals surface area contributed by atoms with Crippen LogP contribution in [0.2, 0.25) is 0 Å². The van der Waals surface area contributed by atoms with Crippen molar-refractivity contribution in [2.24, 2.45) is 0 Å². The van der Waals surface area contributed by atoms with Crippen LogP contribution in [0.4, 0.5) is 11.5 Å². The minimum absolute atomic E-state index is 0.293. The molecule has 1 saturated heterocycles. The molecule has 130 valence electrons. The van der Waals surface area contributed by atoms with Crippen LogP contribution in [0, 0.1) is 0 Å². The standard InChI is InChI=1S/C14H14N5O5P/c20-10-3-2-9-12-13(17-10)15-7-16-14(12)19(18-9)11-4-1-8(24-11)5-6-25(21,22)23/h2-3,5-8,11,18H,1,4H2,(H2,21,22,23)/b6-5+/t8-,11+/m0/s1. The molecule has 0 amide bonds. The number of rotatable bonds is 3. The lowest BCUT2D eigenvalue weighted by Crippen LogP contribution is -2.38. The average Bonchev–Trinajstić information content (AvgIpc) is 3.11. The van der Waals surface area contributed by atoms with Crippen LogP contribution in [0.25, 0.3) is 11.0 Å². The molecule has 1 fully saturated rings. The first-order valence-corrected chi connectivity index (χ1v) is 9.21. The van der Waals surface area contributed by atoms with Crippen molar-refractivity contribution >= 4 is 30.1 Å². The predicted octanol–water partition coefficient (Wildman–Crippen LogP) is 0.728. The van der Waals surface area contributed by atoms with E-state index in [1.165, 1.54) is 18.5 Å². The molecule has 0 unspecified atom stereocenters. The van der Waals surface area contributed by atoms with Crippen molar-refractivity contribution in [2.75, 3.05) is 10.4 Å². The first-order valence-electron chi connectivity index (χ1n) is 7.53. The van der Waals surface area contributed by atoms with E-state index in [-0.39, 0.29) is 6.23 Å². The molecule has 0 saturated carbocycles. The molecule has 0 aliphatic carbocycles. The highest BCUT2D eigenvalue weighted by molar-refractivity contribution is 7.55. The summed E-state index contributed by atoms with van der Waals surface area (Å²) in [5.41, 5.74) is 3.69. The Hall–Kier alpha value is -2.39. The highest BCUT2D eigenvalue weighted by atomic mass is 31.2. The Kier molecular flexibility index (Phi) is 3.77. The fraction of sp³-hybridized carbons (Fsp3) is 0.286. The largest absolute Gasteiger partial charge is 0.349 e. The Morgan fingerprint density at radius 2 is 2.16 bits per heavy atom. The van der Waals surface area contributed by atoms with Gasteiger partial charge in [-0.1, -0.05) is 0 Å². The summed E-state index contributed by atoms with van der Waals surface area (Å²) in [5, 5.41) is 2.35. The number of nitrogens with zero attached hydrogens (tertiary/aromatic N) is 4. The molecular formula is C14H14N5O5P. The van der Waals surface area contributed by atoms with Gasteiger partial charge in [0.25, 0.3) is 5.56 Å². The summed E-state index contributed by atoms with van der Waals surface area (Å²) in [7, 11) is -4.21. The molecule has 0 bridgehead atoms. The van der Waals surface area contributed by atoms with E-state index >= 15 is 0 Å². The summed E-state index contributed by atoms with van der Waals surface area (Å²) in [6, 6.07) is 2.96. The van der Waals surface area contributed by atoms with Gasteiger partial charge in [-0.2, -0.15) is 4.98 Å². The van der Waals surface area contributed by atoms with Crippen LogP contribution in [0.1, 0.15) is 12.8 Å². The second-order valence-corrected chi connectivity index (χ2v) is 7.19. The van der Waals surface area contributed by atoms with Crippen LogP contribution in [0.5, 0.6) is 0 Å². The number of ether oxygens (including phenoxy) is 1. The Balaban J connectivity index is 1.63. The molecular weight excluding hydrogens is 349 g/mol. The Morgan fingerprint density at radius 1 is 1.32 bits per heavy atom. The third kappa shape index (κ3) is 3.12. The summed E-state index contributed by atoms with van der Waals surface area (Å²) in [5.74, 6) is 1.40. The van der Waals surface area contributed by atoms with E-state index in [4.69, 9.17) is 14.5 Å². The zero-order valence-electron chi connectivity index (χ0n) is 12.8. The minimum atomic E-state index is -4.21. The number of hydrazine groups is 1. The van der Waals surface area contributed by atoms with E-state index in [1.807, 2.05) is 0 Å². The van der Waals surface area contributed by atoms with Crippen LogP contribution in [-0.4, -0.2) is 37.1 Å². The van der Waals surface area contributed by atoms with Crippen molar-refractivity contribution in [2.45, 2.75) is 25.2 Å². The fourth-order valence-corrected chi connectivity index (χ4v) is 3.34. The molecule has 3 N–H and O–H groups in total. The number of anilines is 2. The molecule has 2 aliphatic rings. The molecule has 4 heterocycles. The summed E-state index contributed by atoms with van der Waals surface area (Å²) in [4.78, 5) is 41.7. The molecule has 0 spiro atoms. The monoisotopic (exact) mass is 363 g/mol. The van der Waals surface area contributed by atoms with Gasteiger partial charge in [-0.25, -0.2) is 15.0 Å². The Bertz CT molecular complexity index is 977. The van der Waals surface area contributed by atoms with Crippen molar-refractivity contribution in [1.82, 2.24) is 15.0 Å². The SMILES string of the molecule is O=c1ccc2c3c(ncnc3n1)N([C@H]1CC[C@@H](/C=C/P(=O)(O)O)O1)N2. The number of hydrogen-bond donors (Lipinski definition) is 3. The predicted molar refractivity (Wildman–Crippen MR) is 88.8 cm³/mol. The number of aromatic nitrogens is 3. The minimum Gasteiger partial charge on any atom is -0.349 e. The van der Waals surface area contributed by atoms with Crippen molar-refractivity contribution in [3.8, 4) is 0 Å². The molecule has 0 aromatic carbocycles. The van der Waals surface area contributed by atoms with E-state index < -0.39 is 19.3 Å². The summed E-state index contributed by atoms with van der Waals surface area (Å²) in [6.45, 7) is 0. The summed E-state index contributed by atoms with van der Waals surface area (Å²) < 4.78 is 16.8. The fourth-order valence-electron chi connectivity index (χ4n) is 2.92. The van der Waals surface area contributed by atoms with Gasteiger partial charge in [0.15, 0.2) is 17.7 Å². The summed E-state index contributed by atoms with van der Waals surface area (Å²) >= 11 is 0. The third-order valence-electron chi connectivity index (χ3n) is 3.97. The normalized spacial score (nSPS) is 22.7. The van der Waals surface area contributed by atoms with E-state index in [2.05, 4.69) is 20.4 Å². The quantitative estimate of drug-likeness (QED) is 0.669. The van der Waals surface area contributed by atoms with Gasteiger partial charge in [0, 0.05) is 11.9 Å². The van der Waals surface area contributed by atoms with Crippen LogP contribution in [0.15, 0.2) is 35.1 Å². The lowest BCUT2D eigenvalue weighted by Gasteiger charge is -2.25. The lowest BCUT2D eigenvalue weighted by atomic mass is 10.2. The highest BCUT2D eigenvalue weighted by Crippen LogP contribution is 2.40. The van der Waals surface area contributed by atoms with Crippen LogP contribution in [0.3, 0.4) is 0 Å². The van der Waals surface area contributed by atoms with Crippen molar-refractivity contribution in [1.29, 1.82) is 0 Å². The zero-order chi connectivity index (χ0) is 17.6. The first kappa shape index (κ1) is 16.1. The molecule has 2 aromatic rings. The first-order chi connectivity index (χ1) is 11.9. The highest BCUT2D eigenvalue weighted by Gasteiger charge is 2.35. The van der Waals surface area contributed by atoms with Crippen molar-refractivity contribution in [3.63, 3.8) is 0 Å². The Labute approximate surface area is 141 Å². The van der Waals surface area contributed by atoms with E-state index in [1.54, 1.807) is 11.1 Å². The van der Waals surface area contributed by atoms with Crippen molar-refractivity contribution in [3.05, 3.63) is 40.7 Å². The molecule has 11 heteroatoms. The molecule has 25 heavy (non-hydrogen) atoms. The van der Waals surface area contributed by atoms with Gasteiger partial charge in [0.1, 0.15) is 6.33 Å². The van der Waals surface area contributed by atoms with Gasteiger partial charge >= 0.3 is 7.60 Å². The van der Waals surface area contributed by atoms with E-state index in [0.717, 1.165) is 5.82 Å². The third-order valence-corrected chi connectivity index (χ3v) is 4.53. The van der Waals surface area contributed by atoms with Gasteiger partial charge in [0.05, 0.1) is 17.2 Å². The van der Waals surface area contributed by atoms with E-state index in [9.17, 15) is 9.36 Å². The maximum absolute atomic E-state index is 11.6. The second kappa shape index (κ2) is 5.85. The molecule has 10 nitrogen and oxygen atoms in total. The maximum Gasteiger partial charge on any atom is 0.348 e. The van der Waals surface area contributed by atoms with Crippen LogP contribution < -0.4 is 16.0 Å². The van der Waals surface area contributed by atoms with Crippen LogP contribution >= 0.6 is 7.60 Å².